The molecule has 138 valence electrons. The molecule has 0 aliphatic heterocycles. The Morgan fingerprint density at radius 1 is 1.04 bits per heavy atom. The van der Waals surface area contributed by atoms with E-state index in [1.807, 2.05) is 30.3 Å². The first kappa shape index (κ1) is 19.4. The highest BCUT2D eigenvalue weighted by Gasteiger charge is 2.10. The second-order valence-electron chi connectivity index (χ2n) is 5.84. The average molecular weight is 434 g/mol. The average Bonchev–Trinajstić information content (AvgIpc) is 2.72. The molecule has 0 heterocycles. The Morgan fingerprint density at radius 2 is 1.82 bits per heavy atom. The largest absolute Gasteiger partial charge is 0.496 e. The zero-order chi connectivity index (χ0) is 19.9. The van der Waals surface area contributed by atoms with Crippen LogP contribution in [0.2, 0.25) is 0 Å². The Bertz CT molecular complexity index is 1080. The molecule has 0 amide bonds. The van der Waals surface area contributed by atoms with Crippen molar-refractivity contribution in [2.45, 2.75) is 0 Å². The monoisotopic (exact) mass is 433 g/mol. The summed E-state index contributed by atoms with van der Waals surface area (Å²) in [7, 11) is 1.57. The fourth-order valence-electron chi connectivity index (χ4n) is 2.65. The molecule has 0 fully saturated rings. The molecule has 0 aromatic heterocycles. The highest BCUT2D eigenvalue weighted by atomic mass is 79.9. The third kappa shape index (κ3) is 4.67. The summed E-state index contributed by atoms with van der Waals surface area (Å²) in [5, 5.41) is 9.59. The fraction of sp³-hybridized carbons (Fsp3) is 0.0435. The fourth-order valence-corrected chi connectivity index (χ4v) is 3.05. The lowest BCUT2D eigenvalue weighted by molar-refractivity contribution is 0.0734. The molecule has 0 aliphatic rings. The minimum atomic E-state index is -0.451. The zero-order valence-corrected chi connectivity index (χ0v) is 16.6. The Labute approximate surface area is 171 Å². The van der Waals surface area contributed by atoms with E-state index in [0.717, 1.165) is 10.0 Å². The molecular formula is C23H16BrNO3. The Morgan fingerprint density at radius 3 is 2.57 bits per heavy atom. The molecule has 3 rings (SSSR count). The number of nitriles is 1. The van der Waals surface area contributed by atoms with Crippen LogP contribution in [0.25, 0.3) is 11.6 Å². The maximum atomic E-state index is 12.3. The molecule has 0 atom stereocenters. The molecule has 0 spiro atoms. The minimum absolute atomic E-state index is 0.399. The van der Waals surface area contributed by atoms with Crippen molar-refractivity contribution in [3.8, 4) is 17.6 Å². The molecule has 28 heavy (non-hydrogen) atoms. The molecule has 0 N–H and O–H groups in total. The van der Waals surface area contributed by atoms with Crippen molar-refractivity contribution in [1.29, 1.82) is 5.26 Å². The summed E-state index contributed by atoms with van der Waals surface area (Å²) < 4.78 is 11.6. The number of ether oxygens (including phenoxy) is 2. The summed E-state index contributed by atoms with van der Waals surface area (Å²) in [4.78, 5) is 12.3. The van der Waals surface area contributed by atoms with Crippen molar-refractivity contribution < 1.29 is 14.3 Å². The lowest BCUT2D eigenvalue weighted by Gasteiger charge is -2.08. The Kier molecular flexibility index (Phi) is 6.25. The molecule has 3 aromatic carbocycles. The maximum Gasteiger partial charge on any atom is 0.343 e. The SMILES string of the molecule is COc1ccccc1/C(C#N)=C\c1cccc(OC(=O)c2cccc(Br)c2)c1. The van der Waals surface area contributed by atoms with Gasteiger partial charge in [0.25, 0.3) is 0 Å². The van der Waals surface area contributed by atoms with Gasteiger partial charge in [0.15, 0.2) is 0 Å². The number of methoxy groups -OCH3 is 1. The van der Waals surface area contributed by atoms with E-state index in [4.69, 9.17) is 9.47 Å². The van der Waals surface area contributed by atoms with Crippen LogP contribution in [0.4, 0.5) is 0 Å². The van der Waals surface area contributed by atoms with E-state index in [1.165, 1.54) is 0 Å². The number of benzene rings is 3. The van der Waals surface area contributed by atoms with Gasteiger partial charge in [-0.3, -0.25) is 0 Å². The Balaban J connectivity index is 1.87. The number of para-hydroxylation sites is 1. The van der Waals surface area contributed by atoms with E-state index in [-0.39, 0.29) is 0 Å². The van der Waals surface area contributed by atoms with Crippen LogP contribution in [0.3, 0.4) is 0 Å². The van der Waals surface area contributed by atoms with Gasteiger partial charge in [0.2, 0.25) is 0 Å². The first-order chi connectivity index (χ1) is 13.6. The molecule has 0 unspecified atom stereocenters. The summed E-state index contributed by atoms with van der Waals surface area (Å²) in [5.74, 6) is 0.566. The second-order valence-corrected chi connectivity index (χ2v) is 6.76. The van der Waals surface area contributed by atoms with Crippen molar-refractivity contribution in [3.05, 3.63) is 94.0 Å². The number of carbonyl (C=O) groups is 1. The van der Waals surface area contributed by atoms with Crippen molar-refractivity contribution in [2.24, 2.45) is 0 Å². The topological polar surface area (TPSA) is 59.3 Å². The van der Waals surface area contributed by atoms with Crippen molar-refractivity contribution in [1.82, 2.24) is 0 Å². The van der Waals surface area contributed by atoms with Crippen LogP contribution in [-0.2, 0) is 0 Å². The van der Waals surface area contributed by atoms with Gasteiger partial charge in [-0.15, -0.1) is 0 Å². The molecule has 3 aromatic rings. The highest BCUT2D eigenvalue weighted by molar-refractivity contribution is 9.10. The van der Waals surface area contributed by atoms with E-state index < -0.39 is 5.97 Å². The molecule has 4 nitrogen and oxygen atoms in total. The van der Waals surface area contributed by atoms with Crippen LogP contribution in [0.15, 0.2) is 77.3 Å². The number of halogens is 1. The van der Waals surface area contributed by atoms with Gasteiger partial charge in [0, 0.05) is 10.0 Å². The van der Waals surface area contributed by atoms with Gasteiger partial charge in [-0.2, -0.15) is 5.26 Å². The van der Waals surface area contributed by atoms with E-state index in [2.05, 4.69) is 22.0 Å². The Hall–Kier alpha value is -3.36. The number of esters is 1. The lowest BCUT2D eigenvalue weighted by atomic mass is 10.0. The standard InChI is InChI=1S/C23H16BrNO3/c1-27-22-11-3-2-10-21(22)18(15-25)12-16-6-4-9-20(13-16)28-23(26)17-7-5-8-19(24)14-17/h2-14H,1H3/b18-12-. The number of rotatable bonds is 5. The highest BCUT2D eigenvalue weighted by Crippen LogP contribution is 2.28. The summed E-state index contributed by atoms with van der Waals surface area (Å²) in [6.07, 6.45) is 1.73. The predicted molar refractivity (Wildman–Crippen MR) is 112 cm³/mol. The molecule has 0 bridgehead atoms. The van der Waals surface area contributed by atoms with Crippen LogP contribution in [0, 0.1) is 11.3 Å². The summed E-state index contributed by atoms with van der Waals surface area (Å²) >= 11 is 3.34. The van der Waals surface area contributed by atoms with Gasteiger partial charge >= 0.3 is 5.97 Å². The van der Waals surface area contributed by atoms with Crippen LogP contribution >= 0.6 is 15.9 Å². The van der Waals surface area contributed by atoms with Gasteiger partial charge in [0.05, 0.1) is 24.3 Å². The van der Waals surface area contributed by atoms with Crippen molar-refractivity contribution in [2.75, 3.05) is 7.11 Å². The van der Waals surface area contributed by atoms with Crippen molar-refractivity contribution in [3.63, 3.8) is 0 Å². The van der Waals surface area contributed by atoms with Gasteiger partial charge in [-0.05, 0) is 54.1 Å². The molecule has 0 saturated carbocycles. The summed E-state index contributed by atoms with van der Waals surface area (Å²) in [6, 6.07) is 23.5. The number of hydrogen-bond donors (Lipinski definition) is 0. The van der Waals surface area contributed by atoms with Crippen LogP contribution in [-0.4, -0.2) is 13.1 Å². The van der Waals surface area contributed by atoms with E-state index >= 15 is 0 Å². The molecule has 5 heteroatoms. The maximum absolute atomic E-state index is 12.3. The second kappa shape index (κ2) is 9.03. The predicted octanol–water partition coefficient (Wildman–Crippen LogP) is 5.74. The first-order valence-corrected chi connectivity index (χ1v) is 9.23. The number of allylic oxidation sites excluding steroid dienone is 1. The number of nitrogens with zero attached hydrogens (tertiary/aromatic N) is 1. The third-order valence-electron chi connectivity index (χ3n) is 3.96. The van der Waals surface area contributed by atoms with Gasteiger partial charge in [0.1, 0.15) is 11.5 Å². The van der Waals surface area contributed by atoms with Crippen LogP contribution < -0.4 is 9.47 Å². The van der Waals surface area contributed by atoms with E-state index in [0.29, 0.717) is 28.2 Å². The molecular weight excluding hydrogens is 418 g/mol. The van der Waals surface area contributed by atoms with Crippen LogP contribution in [0.1, 0.15) is 21.5 Å². The molecule has 0 saturated heterocycles. The quantitative estimate of drug-likeness (QED) is 0.222. The molecule has 0 radical (unpaired) electrons. The summed E-state index contributed by atoms with van der Waals surface area (Å²) in [6.45, 7) is 0. The molecule has 0 aliphatic carbocycles. The lowest BCUT2D eigenvalue weighted by Crippen LogP contribution is -2.08. The zero-order valence-electron chi connectivity index (χ0n) is 15.1. The van der Waals surface area contributed by atoms with Gasteiger partial charge < -0.3 is 9.47 Å². The van der Waals surface area contributed by atoms with Crippen molar-refractivity contribution >= 4 is 33.5 Å². The van der Waals surface area contributed by atoms with Crippen LogP contribution in [0.5, 0.6) is 11.5 Å². The first-order valence-electron chi connectivity index (χ1n) is 8.43. The van der Waals surface area contributed by atoms with Gasteiger partial charge in [-0.25, -0.2) is 4.79 Å². The minimum Gasteiger partial charge on any atom is -0.496 e. The van der Waals surface area contributed by atoms with E-state index in [1.54, 1.807) is 55.7 Å². The third-order valence-corrected chi connectivity index (χ3v) is 4.45. The normalized spacial score (nSPS) is 10.8. The smallest absolute Gasteiger partial charge is 0.343 e. The summed E-state index contributed by atoms with van der Waals surface area (Å²) in [5.41, 5.74) is 2.33. The van der Waals surface area contributed by atoms with E-state index in [9.17, 15) is 10.1 Å². The number of hydrogen-bond acceptors (Lipinski definition) is 4. The number of carbonyl (C=O) groups excluding carboxylic acids is 1. The van der Waals surface area contributed by atoms with Gasteiger partial charge in [-0.1, -0.05) is 46.3 Å².